The molecule has 8 nitrogen and oxygen atoms in total. The van der Waals surface area contributed by atoms with Gasteiger partial charge in [-0.2, -0.15) is 0 Å². The van der Waals surface area contributed by atoms with Crippen LogP contribution < -0.4 is 0 Å². The maximum absolute atomic E-state index is 11.9. The van der Waals surface area contributed by atoms with E-state index in [-0.39, 0.29) is 13.2 Å². The van der Waals surface area contributed by atoms with Gasteiger partial charge in [-0.1, -0.05) is 61.7 Å². The number of carbonyl (C=O) groups is 4. The number of unbranched alkanes of at least 4 members (excludes halogenated alkanes) is 2. The van der Waals surface area contributed by atoms with Crippen LogP contribution >= 0.6 is 0 Å². The van der Waals surface area contributed by atoms with Crippen molar-refractivity contribution in [2.24, 2.45) is 0 Å². The van der Waals surface area contributed by atoms with Crippen LogP contribution in [0.2, 0.25) is 0 Å². The van der Waals surface area contributed by atoms with Crippen molar-refractivity contribution in [1.29, 1.82) is 0 Å². The van der Waals surface area contributed by atoms with Gasteiger partial charge in [-0.25, -0.2) is 9.59 Å². The minimum Gasteiger partial charge on any atom is -0.481 e. The topological polar surface area (TPSA) is 127 Å². The summed E-state index contributed by atoms with van der Waals surface area (Å²) < 4.78 is 10.1. The van der Waals surface area contributed by atoms with Gasteiger partial charge in [0.15, 0.2) is 0 Å². The van der Waals surface area contributed by atoms with Crippen LogP contribution in [0.5, 0.6) is 0 Å². The summed E-state index contributed by atoms with van der Waals surface area (Å²) >= 11 is 0. The Morgan fingerprint density at radius 3 is 1.23 bits per heavy atom. The SMILES string of the molecule is C=C(C)C(=O)OCCCCC(C(=O)O)c1ccc(-c2ccc(C(CCCCOC(=O)C(=C)C)C(=O)O)cc2)cc1. The van der Waals surface area contributed by atoms with E-state index in [1.54, 1.807) is 38.1 Å². The Balaban J connectivity index is 1.95. The summed E-state index contributed by atoms with van der Waals surface area (Å²) in [6.07, 6.45) is 3.14. The monoisotopic (exact) mass is 550 g/mol. The second-order valence-electron chi connectivity index (χ2n) is 9.85. The van der Waals surface area contributed by atoms with Gasteiger partial charge in [0.25, 0.3) is 0 Å². The standard InChI is InChI=1S/C32H38O8/c1-21(2)31(37)39-19-7-5-9-27(29(33)34)25-15-11-23(12-16-25)24-13-17-26(18-14-24)28(30(35)36)10-6-8-20-40-32(38)22(3)4/h11-18,27-28H,1,3,5-10,19-20H2,2,4H3,(H,33,34)(H,35,36). The minimum atomic E-state index is -0.912. The van der Waals surface area contributed by atoms with E-state index in [2.05, 4.69) is 13.2 Å². The number of carboxylic acids is 2. The summed E-state index contributed by atoms with van der Waals surface area (Å²) in [7, 11) is 0. The molecule has 2 N–H and O–H groups in total. The molecule has 2 rings (SSSR count). The largest absolute Gasteiger partial charge is 0.481 e. The van der Waals surface area contributed by atoms with Gasteiger partial charge in [0.05, 0.1) is 25.0 Å². The van der Waals surface area contributed by atoms with Crippen LogP contribution in [0, 0.1) is 0 Å². The molecule has 2 aromatic carbocycles. The summed E-state index contributed by atoms with van der Waals surface area (Å²) in [6, 6.07) is 14.6. The van der Waals surface area contributed by atoms with E-state index in [1.165, 1.54) is 0 Å². The quantitative estimate of drug-likeness (QED) is 0.134. The molecule has 0 saturated heterocycles. The van der Waals surface area contributed by atoms with E-state index in [0.29, 0.717) is 60.8 Å². The fourth-order valence-electron chi connectivity index (χ4n) is 4.16. The zero-order valence-electron chi connectivity index (χ0n) is 23.2. The number of carbonyl (C=O) groups excluding carboxylic acids is 2. The lowest BCUT2D eigenvalue weighted by atomic mass is 9.90. The average Bonchev–Trinajstić information content (AvgIpc) is 2.92. The number of esters is 2. The highest BCUT2D eigenvalue weighted by Gasteiger charge is 2.21. The Hall–Kier alpha value is -4.20. The molecule has 0 aliphatic heterocycles. The maximum atomic E-state index is 11.9. The molecular formula is C32H38O8. The molecule has 0 radical (unpaired) electrons. The highest BCUT2D eigenvalue weighted by Crippen LogP contribution is 2.29. The second-order valence-corrected chi connectivity index (χ2v) is 9.85. The average molecular weight is 551 g/mol. The molecule has 2 atom stereocenters. The van der Waals surface area contributed by atoms with Crippen LogP contribution in [0.1, 0.15) is 75.3 Å². The second kappa shape index (κ2) is 16.0. The van der Waals surface area contributed by atoms with Crippen molar-refractivity contribution in [3.05, 3.63) is 84.0 Å². The molecule has 2 unspecified atom stereocenters. The van der Waals surface area contributed by atoms with E-state index in [9.17, 15) is 29.4 Å². The van der Waals surface area contributed by atoms with E-state index in [0.717, 1.165) is 11.1 Å². The number of carboxylic acid groups (broad SMARTS) is 2. The van der Waals surface area contributed by atoms with E-state index in [4.69, 9.17) is 9.47 Å². The number of aliphatic carboxylic acids is 2. The van der Waals surface area contributed by atoms with E-state index >= 15 is 0 Å². The highest BCUT2D eigenvalue weighted by molar-refractivity contribution is 5.87. The van der Waals surface area contributed by atoms with Gasteiger partial charge in [0.2, 0.25) is 0 Å². The number of hydrogen-bond donors (Lipinski definition) is 2. The number of rotatable bonds is 17. The van der Waals surface area contributed by atoms with Gasteiger partial charge in [-0.05, 0) is 74.6 Å². The molecule has 0 bridgehead atoms. The van der Waals surface area contributed by atoms with Crippen molar-refractivity contribution in [3.8, 4) is 11.1 Å². The zero-order chi connectivity index (χ0) is 29.7. The van der Waals surface area contributed by atoms with Gasteiger partial charge >= 0.3 is 23.9 Å². The fourth-order valence-corrected chi connectivity index (χ4v) is 4.16. The molecule has 0 spiro atoms. The van der Waals surface area contributed by atoms with E-state index in [1.807, 2.05) is 24.3 Å². The predicted molar refractivity (Wildman–Crippen MR) is 152 cm³/mol. The molecule has 214 valence electrons. The predicted octanol–water partition coefficient (Wildman–Crippen LogP) is 6.27. The van der Waals surface area contributed by atoms with Crippen molar-refractivity contribution < 1.29 is 38.9 Å². The molecule has 2 aromatic rings. The summed E-state index contributed by atoms with van der Waals surface area (Å²) in [4.78, 5) is 46.6. The minimum absolute atomic E-state index is 0.223. The smallest absolute Gasteiger partial charge is 0.333 e. The number of ether oxygens (including phenoxy) is 2. The van der Waals surface area contributed by atoms with Crippen molar-refractivity contribution in [3.63, 3.8) is 0 Å². The molecule has 0 aliphatic carbocycles. The normalized spacial score (nSPS) is 12.2. The van der Waals surface area contributed by atoms with Crippen LogP contribution in [-0.4, -0.2) is 47.3 Å². The number of benzene rings is 2. The first-order valence-electron chi connectivity index (χ1n) is 13.3. The molecule has 0 saturated carbocycles. The Bertz CT molecular complexity index is 1100. The fraction of sp³-hybridized carbons (Fsp3) is 0.375. The molecule has 40 heavy (non-hydrogen) atoms. The van der Waals surface area contributed by atoms with Crippen molar-refractivity contribution in [1.82, 2.24) is 0 Å². The van der Waals surface area contributed by atoms with Crippen LogP contribution in [-0.2, 0) is 28.7 Å². The lowest BCUT2D eigenvalue weighted by Crippen LogP contribution is -2.12. The third-order valence-electron chi connectivity index (χ3n) is 6.49. The Morgan fingerprint density at radius 2 is 0.950 bits per heavy atom. The summed E-state index contributed by atoms with van der Waals surface area (Å²) in [5.74, 6) is -4.07. The van der Waals surface area contributed by atoms with E-state index < -0.39 is 35.7 Å². The van der Waals surface area contributed by atoms with Crippen molar-refractivity contribution in [2.75, 3.05) is 13.2 Å². The third kappa shape index (κ3) is 10.2. The first-order chi connectivity index (χ1) is 19.0. The van der Waals surface area contributed by atoms with Crippen LogP contribution in [0.15, 0.2) is 72.8 Å². The summed E-state index contributed by atoms with van der Waals surface area (Å²) in [5.41, 5.74) is 3.80. The summed E-state index contributed by atoms with van der Waals surface area (Å²) in [5, 5.41) is 19.5. The Labute approximate surface area is 235 Å². The van der Waals surface area contributed by atoms with Gasteiger partial charge in [0, 0.05) is 11.1 Å². The molecule has 0 amide bonds. The van der Waals surface area contributed by atoms with Crippen LogP contribution in [0.4, 0.5) is 0 Å². The lowest BCUT2D eigenvalue weighted by Gasteiger charge is -2.15. The maximum Gasteiger partial charge on any atom is 0.333 e. The molecule has 0 heterocycles. The zero-order valence-corrected chi connectivity index (χ0v) is 23.2. The molecule has 0 aromatic heterocycles. The summed E-state index contributed by atoms with van der Waals surface area (Å²) in [6.45, 7) is 10.6. The van der Waals surface area contributed by atoms with Gasteiger partial charge < -0.3 is 19.7 Å². The van der Waals surface area contributed by atoms with Gasteiger partial charge in [-0.3, -0.25) is 9.59 Å². The van der Waals surface area contributed by atoms with Crippen molar-refractivity contribution >= 4 is 23.9 Å². The number of hydrogen-bond acceptors (Lipinski definition) is 6. The Morgan fingerprint density at radius 1 is 0.625 bits per heavy atom. The van der Waals surface area contributed by atoms with Gasteiger partial charge in [-0.15, -0.1) is 0 Å². The molecule has 0 fully saturated rings. The van der Waals surface area contributed by atoms with Gasteiger partial charge in [0.1, 0.15) is 0 Å². The molecule has 8 heteroatoms. The lowest BCUT2D eigenvalue weighted by molar-refractivity contribution is -0.140. The van der Waals surface area contributed by atoms with Crippen LogP contribution in [0.25, 0.3) is 11.1 Å². The first kappa shape index (κ1) is 32.0. The van der Waals surface area contributed by atoms with Crippen LogP contribution in [0.3, 0.4) is 0 Å². The Kier molecular flexibility index (Phi) is 12.8. The first-order valence-corrected chi connectivity index (χ1v) is 13.3. The highest BCUT2D eigenvalue weighted by atomic mass is 16.5. The van der Waals surface area contributed by atoms with Crippen molar-refractivity contribution in [2.45, 2.75) is 64.2 Å². The molecule has 0 aliphatic rings. The molecular weight excluding hydrogens is 512 g/mol. The third-order valence-corrected chi connectivity index (χ3v) is 6.49.